The van der Waals surface area contributed by atoms with Crippen LogP contribution in [0.1, 0.15) is 31.2 Å². The van der Waals surface area contributed by atoms with Gasteiger partial charge in [0.2, 0.25) is 0 Å². The molecule has 1 aliphatic carbocycles. The molecule has 1 aliphatic rings. The van der Waals surface area contributed by atoms with Gasteiger partial charge in [-0.1, -0.05) is 0 Å². The number of pyridine rings is 1. The van der Waals surface area contributed by atoms with Crippen molar-refractivity contribution in [3.8, 4) is 0 Å². The Kier molecular flexibility index (Phi) is 4.37. The van der Waals surface area contributed by atoms with Crippen LogP contribution in [0.3, 0.4) is 0 Å². The molecule has 0 radical (unpaired) electrons. The second-order valence-electron chi connectivity index (χ2n) is 5.02. The van der Waals surface area contributed by atoms with Gasteiger partial charge in [0.15, 0.2) is 0 Å². The Morgan fingerprint density at radius 1 is 1.15 bits per heavy atom. The third-order valence-corrected chi connectivity index (χ3v) is 3.46. The molecule has 0 saturated heterocycles. The Morgan fingerprint density at radius 2 is 1.75 bits per heavy atom. The predicted octanol–water partition coefficient (Wildman–Crippen LogP) is 2.86. The van der Waals surface area contributed by atoms with Gasteiger partial charge in [-0.05, 0) is 37.8 Å². The van der Waals surface area contributed by atoms with Gasteiger partial charge in [-0.15, -0.1) is 0 Å². The number of anilines is 2. The number of nitrogens with one attached hydrogen (secondary N) is 2. The second-order valence-corrected chi connectivity index (χ2v) is 5.02. The maximum absolute atomic E-state index is 12.8. The minimum atomic E-state index is -4.40. The molecule has 112 valence electrons. The number of halogens is 3. The number of rotatable bonds is 3. The Hall–Kier alpha value is -1.50. The molecule has 7 heteroatoms. The summed E-state index contributed by atoms with van der Waals surface area (Å²) in [5, 5.41) is 15.1. The molecule has 0 aromatic carbocycles. The van der Waals surface area contributed by atoms with Crippen LogP contribution in [0.5, 0.6) is 0 Å². The molecule has 20 heavy (non-hydrogen) atoms. The van der Waals surface area contributed by atoms with Crippen LogP contribution in [-0.2, 0) is 6.18 Å². The highest BCUT2D eigenvalue weighted by Crippen LogP contribution is 2.32. The fourth-order valence-electron chi connectivity index (χ4n) is 2.33. The molecule has 0 spiro atoms. The monoisotopic (exact) mass is 289 g/mol. The summed E-state index contributed by atoms with van der Waals surface area (Å²) in [6, 6.07) is 2.06. The molecule has 4 nitrogen and oxygen atoms in total. The third-order valence-electron chi connectivity index (χ3n) is 3.46. The topological polar surface area (TPSA) is 57.2 Å². The summed E-state index contributed by atoms with van der Waals surface area (Å²) >= 11 is 0. The number of alkyl halides is 3. The Balaban J connectivity index is 2.14. The number of hydrogen-bond donors (Lipinski definition) is 3. The van der Waals surface area contributed by atoms with Crippen LogP contribution in [0, 0.1) is 0 Å². The van der Waals surface area contributed by atoms with Crippen LogP contribution in [0.15, 0.2) is 12.1 Å². The molecule has 0 unspecified atom stereocenters. The number of aliphatic hydroxyl groups excluding tert-OH is 1. The van der Waals surface area contributed by atoms with E-state index in [0.717, 1.165) is 25.0 Å². The van der Waals surface area contributed by atoms with Crippen molar-refractivity contribution in [1.29, 1.82) is 0 Å². The van der Waals surface area contributed by atoms with E-state index in [1.54, 1.807) is 0 Å². The molecule has 2 rings (SSSR count). The fourth-order valence-corrected chi connectivity index (χ4v) is 2.33. The van der Waals surface area contributed by atoms with Crippen molar-refractivity contribution in [2.75, 3.05) is 17.7 Å². The van der Waals surface area contributed by atoms with E-state index >= 15 is 0 Å². The Labute approximate surface area is 115 Å². The zero-order chi connectivity index (χ0) is 14.8. The first-order valence-electron chi connectivity index (χ1n) is 6.60. The van der Waals surface area contributed by atoms with Crippen molar-refractivity contribution in [2.24, 2.45) is 0 Å². The molecule has 0 aliphatic heterocycles. The van der Waals surface area contributed by atoms with E-state index < -0.39 is 11.7 Å². The molecule has 1 aromatic rings. The molecule has 1 aromatic heterocycles. The van der Waals surface area contributed by atoms with Crippen LogP contribution in [0.4, 0.5) is 24.8 Å². The highest BCUT2D eigenvalue weighted by molar-refractivity contribution is 5.50. The minimum absolute atomic E-state index is 0.0547. The van der Waals surface area contributed by atoms with Gasteiger partial charge in [0, 0.05) is 13.1 Å². The molecule has 0 bridgehead atoms. The average Bonchev–Trinajstić information content (AvgIpc) is 2.40. The maximum Gasteiger partial charge on any atom is 0.416 e. The van der Waals surface area contributed by atoms with Gasteiger partial charge in [0.05, 0.1) is 11.7 Å². The number of aliphatic hydroxyl groups is 1. The lowest BCUT2D eigenvalue weighted by Gasteiger charge is -2.27. The van der Waals surface area contributed by atoms with E-state index in [1.807, 2.05) is 0 Å². The first kappa shape index (κ1) is 14.9. The summed E-state index contributed by atoms with van der Waals surface area (Å²) < 4.78 is 38.4. The fraction of sp³-hybridized carbons (Fsp3) is 0.615. The molecule has 0 atom stereocenters. The summed E-state index contributed by atoms with van der Waals surface area (Å²) in [5.41, 5.74) is -0.727. The highest BCUT2D eigenvalue weighted by atomic mass is 19.4. The van der Waals surface area contributed by atoms with E-state index in [1.165, 1.54) is 7.05 Å². The van der Waals surface area contributed by atoms with Gasteiger partial charge < -0.3 is 15.7 Å². The van der Waals surface area contributed by atoms with Gasteiger partial charge in [0.25, 0.3) is 0 Å². The summed E-state index contributed by atoms with van der Waals surface area (Å²) in [6.07, 6.45) is -1.91. The molecular weight excluding hydrogens is 271 g/mol. The van der Waals surface area contributed by atoms with Crippen LogP contribution in [-0.4, -0.2) is 29.3 Å². The summed E-state index contributed by atoms with van der Waals surface area (Å²) in [5.74, 6) is 0.392. The lowest BCUT2D eigenvalue weighted by atomic mass is 9.93. The lowest BCUT2D eigenvalue weighted by Crippen LogP contribution is -2.28. The standard InChI is InChI=1S/C13H18F3N3O/c1-17-11-6-8(13(14,15)16)7-12(19-11)18-9-2-4-10(20)5-3-9/h6-7,9-10,20H,2-5H2,1H3,(H2,17,18,19). The largest absolute Gasteiger partial charge is 0.416 e. The van der Waals surface area contributed by atoms with Crippen molar-refractivity contribution >= 4 is 11.6 Å². The number of aromatic nitrogens is 1. The van der Waals surface area contributed by atoms with E-state index in [0.29, 0.717) is 12.8 Å². The van der Waals surface area contributed by atoms with Crippen molar-refractivity contribution in [3.63, 3.8) is 0 Å². The van der Waals surface area contributed by atoms with Crippen molar-refractivity contribution in [1.82, 2.24) is 4.98 Å². The molecule has 1 saturated carbocycles. The molecule has 0 amide bonds. The van der Waals surface area contributed by atoms with Crippen LogP contribution >= 0.6 is 0 Å². The maximum atomic E-state index is 12.8. The van der Waals surface area contributed by atoms with Crippen molar-refractivity contribution < 1.29 is 18.3 Å². The molecule has 3 N–H and O–H groups in total. The van der Waals surface area contributed by atoms with Gasteiger partial charge in [-0.25, -0.2) is 4.98 Å². The van der Waals surface area contributed by atoms with E-state index in [9.17, 15) is 18.3 Å². The number of nitrogens with zero attached hydrogens (tertiary/aromatic N) is 1. The lowest BCUT2D eigenvalue weighted by molar-refractivity contribution is -0.137. The first-order chi connectivity index (χ1) is 9.38. The number of hydrogen-bond acceptors (Lipinski definition) is 4. The second kappa shape index (κ2) is 5.87. The summed E-state index contributed by atoms with van der Waals surface area (Å²) in [4.78, 5) is 4.09. The predicted molar refractivity (Wildman–Crippen MR) is 70.7 cm³/mol. The van der Waals surface area contributed by atoms with Crippen LogP contribution in [0.25, 0.3) is 0 Å². The zero-order valence-electron chi connectivity index (χ0n) is 11.2. The molecular formula is C13H18F3N3O. The minimum Gasteiger partial charge on any atom is -0.393 e. The van der Waals surface area contributed by atoms with E-state index in [2.05, 4.69) is 15.6 Å². The van der Waals surface area contributed by atoms with Gasteiger partial charge in [-0.3, -0.25) is 0 Å². The Bertz CT molecular complexity index is 457. The van der Waals surface area contributed by atoms with E-state index in [-0.39, 0.29) is 23.8 Å². The molecule has 1 heterocycles. The normalized spacial score (nSPS) is 23.4. The van der Waals surface area contributed by atoms with Gasteiger partial charge in [-0.2, -0.15) is 13.2 Å². The van der Waals surface area contributed by atoms with Gasteiger partial charge >= 0.3 is 6.18 Å². The summed E-state index contributed by atoms with van der Waals surface area (Å²) in [6.45, 7) is 0. The summed E-state index contributed by atoms with van der Waals surface area (Å²) in [7, 11) is 1.53. The highest BCUT2D eigenvalue weighted by Gasteiger charge is 2.32. The van der Waals surface area contributed by atoms with Crippen molar-refractivity contribution in [3.05, 3.63) is 17.7 Å². The Morgan fingerprint density at radius 3 is 2.30 bits per heavy atom. The van der Waals surface area contributed by atoms with Crippen LogP contribution in [0.2, 0.25) is 0 Å². The van der Waals surface area contributed by atoms with Crippen LogP contribution < -0.4 is 10.6 Å². The first-order valence-corrected chi connectivity index (χ1v) is 6.60. The third kappa shape index (κ3) is 3.75. The van der Waals surface area contributed by atoms with E-state index in [4.69, 9.17) is 0 Å². The SMILES string of the molecule is CNc1cc(C(F)(F)F)cc(NC2CCC(O)CC2)n1. The smallest absolute Gasteiger partial charge is 0.393 e. The van der Waals surface area contributed by atoms with Gasteiger partial charge in [0.1, 0.15) is 11.6 Å². The average molecular weight is 289 g/mol. The molecule has 1 fully saturated rings. The zero-order valence-corrected chi connectivity index (χ0v) is 11.2. The quantitative estimate of drug-likeness (QED) is 0.801. The van der Waals surface area contributed by atoms with Crippen molar-refractivity contribution in [2.45, 2.75) is 44.0 Å².